The topological polar surface area (TPSA) is 62.2 Å². The lowest BCUT2D eigenvalue weighted by molar-refractivity contribution is -0.141. The first-order valence-electron chi connectivity index (χ1n) is 6.83. The lowest BCUT2D eigenvalue weighted by Gasteiger charge is -2.41. The second-order valence-corrected chi connectivity index (χ2v) is 5.46. The molecule has 0 atom stereocenters. The molecule has 21 heavy (non-hydrogen) atoms. The molecule has 0 bridgehead atoms. The molecule has 0 unspecified atom stereocenters. The SMILES string of the molecule is CCC1(CNc2nc(C(F)(F)F)ccc2C(=O)O)CCC1. The molecule has 1 fully saturated rings. The molecular formula is C14H17F3N2O2. The highest BCUT2D eigenvalue weighted by molar-refractivity contribution is 5.93. The number of carboxylic acid groups (broad SMARTS) is 1. The van der Waals surface area contributed by atoms with Crippen molar-refractivity contribution in [2.24, 2.45) is 5.41 Å². The van der Waals surface area contributed by atoms with Gasteiger partial charge in [-0.15, -0.1) is 0 Å². The van der Waals surface area contributed by atoms with Gasteiger partial charge in [0, 0.05) is 6.54 Å². The van der Waals surface area contributed by atoms with Gasteiger partial charge in [0.25, 0.3) is 0 Å². The Morgan fingerprint density at radius 1 is 1.43 bits per heavy atom. The van der Waals surface area contributed by atoms with E-state index in [4.69, 9.17) is 5.11 Å². The first-order valence-corrected chi connectivity index (χ1v) is 6.83. The number of hydrogen-bond donors (Lipinski definition) is 2. The Balaban J connectivity index is 2.24. The number of hydrogen-bond acceptors (Lipinski definition) is 3. The number of anilines is 1. The quantitative estimate of drug-likeness (QED) is 0.868. The molecular weight excluding hydrogens is 285 g/mol. The van der Waals surface area contributed by atoms with Crippen LogP contribution in [0, 0.1) is 5.41 Å². The van der Waals surface area contributed by atoms with Gasteiger partial charge in [0.1, 0.15) is 17.1 Å². The summed E-state index contributed by atoms with van der Waals surface area (Å²) in [5.74, 6) is -1.50. The van der Waals surface area contributed by atoms with Crippen molar-refractivity contribution in [3.63, 3.8) is 0 Å². The molecule has 2 rings (SSSR count). The van der Waals surface area contributed by atoms with Crippen LogP contribution in [0.4, 0.5) is 19.0 Å². The Labute approximate surface area is 120 Å². The molecule has 0 saturated heterocycles. The first-order chi connectivity index (χ1) is 9.77. The van der Waals surface area contributed by atoms with E-state index in [1.807, 2.05) is 6.92 Å². The molecule has 2 N–H and O–H groups in total. The lowest BCUT2D eigenvalue weighted by Crippen LogP contribution is -2.36. The number of halogens is 3. The number of carboxylic acids is 1. The summed E-state index contributed by atoms with van der Waals surface area (Å²) >= 11 is 0. The number of aromatic carboxylic acids is 1. The average molecular weight is 302 g/mol. The highest BCUT2D eigenvalue weighted by atomic mass is 19.4. The molecule has 0 radical (unpaired) electrons. The van der Waals surface area contributed by atoms with Crippen LogP contribution in [-0.4, -0.2) is 22.6 Å². The summed E-state index contributed by atoms with van der Waals surface area (Å²) in [6.45, 7) is 2.47. The van der Waals surface area contributed by atoms with Gasteiger partial charge in [0.2, 0.25) is 0 Å². The van der Waals surface area contributed by atoms with Crippen molar-refractivity contribution in [2.45, 2.75) is 38.8 Å². The van der Waals surface area contributed by atoms with Crippen molar-refractivity contribution < 1.29 is 23.1 Å². The zero-order valence-electron chi connectivity index (χ0n) is 11.6. The fourth-order valence-corrected chi connectivity index (χ4v) is 2.53. The third-order valence-corrected chi connectivity index (χ3v) is 4.21. The van der Waals surface area contributed by atoms with Gasteiger partial charge < -0.3 is 10.4 Å². The normalized spacial score (nSPS) is 17.1. The van der Waals surface area contributed by atoms with Crippen LogP contribution < -0.4 is 5.32 Å². The lowest BCUT2D eigenvalue weighted by atomic mass is 9.67. The van der Waals surface area contributed by atoms with Crippen molar-refractivity contribution in [3.05, 3.63) is 23.4 Å². The summed E-state index contributed by atoms with van der Waals surface area (Å²) in [6.07, 6.45) is -0.596. The van der Waals surface area contributed by atoms with E-state index < -0.39 is 17.8 Å². The molecule has 1 saturated carbocycles. The molecule has 0 spiro atoms. The van der Waals surface area contributed by atoms with Crippen LogP contribution in [0.3, 0.4) is 0 Å². The number of carbonyl (C=O) groups is 1. The second kappa shape index (κ2) is 5.54. The van der Waals surface area contributed by atoms with Gasteiger partial charge in [0.15, 0.2) is 0 Å². The minimum Gasteiger partial charge on any atom is -0.478 e. The number of pyridine rings is 1. The maximum atomic E-state index is 12.7. The van der Waals surface area contributed by atoms with E-state index in [9.17, 15) is 18.0 Å². The summed E-state index contributed by atoms with van der Waals surface area (Å²) in [7, 11) is 0. The van der Waals surface area contributed by atoms with Crippen LogP contribution in [0.25, 0.3) is 0 Å². The van der Waals surface area contributed by atoms with E-state index in [0.717, 1.165) is 31.7 Å². The van der Waals surface area contributed by atoms with E-state index in [1.165, 1.54) is 0 Å². The van der Waals surface area contributed by atoms with E-state index in [2.05, 4.69) is 10.3 Å². The Morgan fingerprint density at radius 2 is 2.10 bits per heavy atom. The predicted molar refractivity (Wildman–Crippen MR) is 71.3 cm³/mol. The second-order valence-electron chi connectivity index (χ2n) is 5.46. The molecule has 1 aliphatic rings. The summed E-state index contributed by atoms with van der Waals surface area (Å²) in [6, 6.07) is 1.63. The molecule has 0 aliphatic heterocycles. The third kappa shape index (κ3) is 3.28. The number of nitrogens with zero attached hydrogens (tertiary/aromatic N) is 1. The summed E-state index contributed by atoms with van der Waals surface area (Å²) < 4.78 is 38.0. The summed E-state index contributed by atoms with van der Waals surface area (Å²) in [5, 5.41) is 11.9. The molecule has 1 heterocycles. The Morgan fingerprint density at radius 3 is 2.52 bits per heavy atom. The van der Waals surface area contributed by atoms with E-state index >= 15 is 0 Å². The van der Waals surface area contributed by atoms with E-state index in [1.54, 1.807) is 0 Å². The maximum absolute atomic E-state index is 12.7. The van der Waals surface area contributed by atoms with Crippen LogP contribution >= 0.6 is 0 Å². The first kappa shape index (κ1) is 15.6. The third-order valence-electron chi connectivity index (χ3n) is 4.21. The molecule has 0 amide bonds. The van der Waals surface area contributed by atoms with E-state index in [-0.39, 0.29) is 16.8 Å². The smallest absolute Gasteiger partial charge is 0.433 e. The molecule has 7 heteroatoms. The van der Waals surface area contributed by atoms with E-state index in [0.29, 0.717) is 12.6 Å². The fraction of sp³-hybridized carbons (Fsp3) is 0.571. The minimum atomic E-state index is -4.59. The van der Waals surface area contributed by atoms with Gasteiger partial charge in [-0.3, -0.25) is 0 Å². The Kier molecular flexibility index (Phi) is 4.11. The summed E-state index contributed by atoms with van der Waals surface area (Å²) in [4.78, 5) is 14.5. The van der Waals surface area contributed by atoms with Crippen molar-refractivity contribution in [1.29, 1.82) is 0 Å². The highest BCUT2D eigenvalue weighted by Crippen LogP contribution is 2.43. The molecule has 1 aromatic heterocycles. The molecule has 1 aliphatic carbocycles. The number of nitrogens with one attached hydrogen (secondary N) is 1. The van der Waals surface area contributed by atoms with Crippen molar-refractivity contribution in [1.82, 2.24) is 4.98 Å². The van der Waals surface area contributed by atoms with Crippen molar-refractivity contribution in [2.75, 3.05) is 11.9 Å². The van der Waals surface area contributed by atoms with Crippen LogP contribution in [0.5, 0.6) is 0 Å². The number of aromatic nitrogens is 1. The molecule has 116 valence electrons. The average Bonchev–Trinajstić information content (AvgIpc) is 2.36. The van der Waals surface area contributed by atoms with Gasteiger partial charge in [0.05, 0.1) is 0 Å². The molecule has 0 aromatic carbocycles. The predicted octanol–water partition coefficient (Wildman–Crippen LogP) is 3.79. The zero-order chi connectivity index (χ0) is 15.7. The van der Waals surface area contributed by atoms with Crippen LogP contribution in [-0.2, 0) is 6.18 Å². The van der Waals surface area contributed by atoms with Crippen LogP contribution in [0.2, 0.25) is 0 Å². The largest absolute Gasteiger partial charge is 0.478 e. The zero-order valence-corrected chi connectivity index (χ0v) is 11.6. The molecule has 1 aromatic rings. The van der Waals surface area contributed by atoms with Gasteiger partial charge >= 0.3 is 12.1 Å². The van der Waals surface area contributed by atoms with Crippen molar-refractivity contribution >= 4 is 11.8 Å². The standard InChI is InChI=1S/C14H17F3N2O2/c1-2-13(6-3-7-13)8-18-11-9(12(20)21)4-5-10(19-11)14(15,16)17/h4-5H,2-3,6-8H2,1H3,(H,18,19)(H,20,21). The van der Waals surface area contributed by atoms with Gasteiger partial charge in [-0.05, 0) is 36.8 Å². The minimum absolute atomic E-state index is 0.0473. The van der Waals surface area contributed by atoms with Gasteiger partial charge in [-0.25, -0.2) is 9.78 Å². The maximum Gasteiger partial charge on any atom is 0.433 e. The number of rotatable bonds is 5. The van der Waals surface area contributed by atoms with Crippen LogP contribution in [0.1, 0.15) is 48.7 Å². The molecule has 4 nitrogen and oxygen atoms in total. The Bertz CT molecular complexity index is 534. The van der Waals surface area contributed by atoms with Crippen LogP contribution in [0.15, 0.2) is 12.1 Å². The monoisotopic (exact) mass is 302 g/mol. The highest BCUT2D eigenvalue weighted by Gasteiger charge is 2.36. The number of alkyl halides is 3. The van der Waals surface area contributed by atoms with Crippen molar-refractivity contribution in [3.8, 4) is 0 Å². The summed E-state index contributed by atoms with van der Waals surface area (Å²) in [5.41, 5.74) is -1.28. The fourth-order valence-electron chi connectivity index (χ4n) is 2.53. The van der Waals surface area contributed by atoms with Gasteiger partial charge in [-0.1, -0.05) is 13.3 Å². The van der Waals surface area contributed by atoms with Gasteiger partial charge in [-0.2, -0.15) is 13.2 Å². The Hall–Kier alpha value is -1.79.